The summed E-state index contributed by atoms with van der Waals surface area (Å²) in [5.41, 5.74) is 0. The van der Waals surface area contributed by atoms with Gasteiger partial charge in [-0.25, -0.2) is 0 Å². The molecule has 0 fully saturated rings. The normalized spacial score (nSPS) is 16.4. The molecule has 142 valence electrons. The largest absolute Gasteiger partial charge is 0.371 e. The first-order valence-corrected chi connectivity index (χ1v) is 10.5. The summed E-state index contributed by atoms with van der Waals surface area (Å²) in [5.74, 6) is 0. The van der Waals surface area contributed by atoms with Gasteiger partial charge in [0.15, 0.2) is 0 Å². The van der Waals surface area contributed by atoms with Gasteiger partial charge in [-0.1, -0.05) is 103 Å². The monoisotopic (exact) mass is 399 g/mol. The minimum Gasteiger partial charge on any atom is -0.371 e. The third-order valence-electron chi connectivity index (χ3n) is 5.07. The number of nitrogens with zero attached hydrogens (tertiary/aromatic N) is 1. The molecule has 0 amide bonds. The van der Waals surface area contributed by atoms with Gasteiger partial charge in [-0.2, -0.15) is 0 Å². The Balaban J connectivity index is 0.00000529. The van der Waals surface area contributed by atoms with E-state index in [1.165, 1.54) is 96.4 Å². The molecule has 0 saturated carbocycles. The first-order valence-electron chi connectivity index (χ1n) is 10.5. The molecular formula is C22H42BrN. The van der Waals surface area contributed by atoms with E-state index < -0.39 is 0 Å². The summed E-state index contributed by atoms with van der Waals surface area (Å²) in [7, 11) is 0. The third-order valence-corrected chi connectivity index (χ3v) is 5.07. The Morgan fingerprint density at radius 1 is 0.667 bits per heavy atom. The Morgan fingerprint density at radius 2 is 1.12 bits per heavy atom. The van der Waals surface area contributed by atoms with Crippen LogP contribution < -0.4 is 0 Å². The van der Waals surface area contributed by atoms with Crippen molar-refractivity contribution in [1.82, 2.24) is 4.90 Å². The molecule has 1 aliphatic rings. The molecule has 1 atom stereocenters. The van der Waals surface area contributed by atoms with Gasteiger partial charge in [0, 0.05) is 12.6 Å². The van der Waals surface area contributed by atoms with E-state index in [1.807, 2.05) is 0 Å². The lowest BCUT2D eigenvalue weighted by atomic mass is 10.0. The summed E-state index contributed by atoms with van der Waals surface area (Å²) < 4.78 is 0. The Kier molecular flexibility index (Phi) is 17.4. The molecule has 0 bridgehead atoms. The SMILES string of the molecule is Br.CCCCCCCCCCCCCCCCN1C=CC=CC1C. The molecule has 0 aromatic rings. The van der Waals surface area contributed by atoms with E-state index in [0.717, 1.165) is 0 Å². The predicted molar refractivity (Wildman–Crippen MR) is 115 cm³/mol. The van der Waals surface area contributed by atoms with Crippen molar-refractivity contribution in [2.45, 2.75) is 110 Å². The second kappa shape index (κ2) is 17.6. The standard InChI is InChI=1S/C22H41N.BrH/c1-3-4-5-6-7-8-9-10-11-12-13-14-15-17-20-23-21-18-16-19-22(23)2;/h16,18-19,21-22H,3-15,17,20H2,1-2H3;1H. The summed E-state index contributed by atoms with van der Waals surface area (Å²) >= 11 is 0. The van der Waals surface area contributed by atoms with Gasteiger partial charge in [0.25, 0.3) is 0 Å². The second-order valence-electron chi connectivity index (χ2n) is 7.30. The molecule has 24 heavy (non-hydrogen) atoms. The van der Waals surface area contributed by atoms with Crippen LogP contribution in [0, 0.1) is 0 Å². The van der Waals surface area contributed by atoms with Crippen LogP contribution in [0.25, 0.3) is 0 Å². The number of allylic oxidation sites excluding steroid dienone is 2. The van der Waals surface area contributed by atoms with E-state index in [1.54, 1.807) is 0 Å². The van der Waals surface area contributed by atoms with Gasteiger partial charge in [-0.05, 0) is 25.6 Å². The highest BCUT2D eigenvalue weighted by atomic mass is 79.9. The number of rotatable bonds is 15. The summed E-state index contributed by atoms with van der Waals surface area (Å²) in [6.07, 6.45) is 29.0. The first-order chi connectivity index (χ1) is 11.3. The quantitative estimate of drug-likeness (QED) is 0.253. The summed E-state index contributed by atoms with van der Waals surface area (Å²) in [4.78, 5) is 2.46. The maximum Gasteiger partial charge on any atom is 0.0442 e. The van der Waals surface area contributed by atoms with E-state index in [9.17, 15) is 0 Å². The van der Waals surface area contributed by atoms with Crippen LogP contribution in [-0.2, 0) is 0 Å². The van der Waals surface area contributed by atoms with Gasteiger partial charge < -0.3 is 4.90 Å². The fourth-order valence-corrected chi connectivity index (χ4v) is 3.40. The number of hydrogen-bond acceptors (Lipinski definition) is 1. The molecule has 1 nitrogen and oxygen atoms in total. The van der Waals surface area contributed by atoms with Gasteiger partial charge in [0.2, 0.25) is 0 Å². The Hall–Kier alpha value is -0.240. The maximum atomic E-state index is 2.46. The number of halogens is 1. The molecule has 0 N–H and O–H groups in total. The van der Waals surface area contributed by atoms with Crippen molar-refractivity contribution < 1.29 is 0 Å². The molecule has 0 saturated heterocycles. The molecule has 0 radical (unpaired) electrons. The van der Waals surface area contributed by atoms with Gasteiger partial charge in [-0.15, -0.1) is 17.0 Å². The van der Waals surface area contributed by atoms with Crippen LogP contribution in [0.15, 0.2) is 24.4 Å². The molecule has 1 unspecified atom stereocenters. The molecule has 0 spiro atoms. The summed E-state index contributed by atoms with van der Waals surface area (Å²) in [6.45, 7) is 5.80. The molecule has 2 heteroatoms. The number of unbranched alkanes of at least 4 members (excludes halogenated alkanes) is 13. The molecule has 1 heterocycles. The van der Waals surface area contributed by atoms with E-state index >= 15 is 0 Å². The first kappa shape index (κ1) is 23.8. The van der Waals surface area contributed by atoms with E-state index in [4.69, 9.17) is 0 Å². The average molecular weight is 400 g/mol. The maximum absolute atomic E-state index is 2.46. The van der Waals surface area contributed by atoms with Crippen molar-refractivity contribution >= 4 is 17.0 Å². The highest BCUT2D eigenvalue weighted by Crippen LogP contribution is 2.14. The molecule has 1 aliphatic heterocycles. The summed E-state index contributed by atoms with van der Waals surface area (Å²) in [6, 6.07) is 0.585. The fourth-order valence-electron chi connectivity index (χ4n) is 3.40. The van der Waals surface area contributed by atoms with E-state index in [-0.39, 0.29) is 17.0 Å². The Labute approximate surface area is 162 Å². The zero-order chi connectivity index (χ0) is 16.6. The number of hydrogen-bond donors (Lipinski definition) is 0. The van der Waals surface area contributed by atoms with Crippen LogP contribution in [-0.4, -0.2) is 17.5 Å². The van der Waals surface area contributed by atoms with Crippen molar-refractivity contribution in [3.8, 4) is 0 Å². The van der Waals surface area contributed by atoms with Gasteiger partial charge in [0.05, 0.1) is 0 Å². The van der Waals surface area contributed by atoms with E-state index in [0.29, 0.717) is 6.04 Å². The highest BCUT2D eigenvalue weighted by Gasteiger charge is 2.07. The summed E-state index contributed by atoms with van der Waals surface area (Å²) in [5, 5.41) is 0. The van der Waals surface area contributed by atoms with Crippen LogP contribution in [0.1, 0.15) is 104 Å². The lowest BCUT2D eigenvalue weighted by Gasteiger charge is -2.27. The van der Waals surface area contributed by atoms with Gasteiger partial charge in [0.1, 0.15) is 0 Å². The van der Waals surface area contributed by atoms with Crippen LogP contribution in [0.3, 0.4) is 0 Å². The van der Waals surface area contributed by atoms with Crippen LogP contribution in [0.5, 0.6) is 0 Å². The Bertz CT molecular complexity index is 311. The molecule has 0 aliphatic carbocycles. The zero-order valence-corrected chi connectivity index (χ0v) is 18.1. The van der Waals surface area contributed by atoms with Crippen LogP contribution in [0.2, 0.25) is 0 Å². The van der Waals surface area contributed by atoms with Crippen molar-refractivity contribution in [2.24, 2.45) is 0 Å². The third kappa shape index (κ3) is 13.1. The minimum absolute atomic E-state index is 0. The van der Waals surface area contributed by atoms with Crippen molar-refractivity contribution in [3.63, 3.8) is 0 Å². The lowest BCUT2D eigenvalue weighted by Crippen LogP contribution is -2.28. The predicted octanol–water partition coefficient (Wildman–Crippen LogP) is 7.82. The minimum atomic E-state index is 0. The molecular weight excluding hydrogens is 358 g/mol. The second-order valence-corrected chi connectivity index (χ2v) is 7.30. The fraction of sp³-hybridized carbons (Fsp3) is 0.818. The van der Waals surface area contributed by atoms with Crippen molar-refractivity contribution in [1.29, 1.82) is 0 Å². The smallest absolute Gasteiger partial charge is 0.0442 e. The van der Waals surface area contributed by atoms with Crippen molar-refractivity contribution in [3.05, 3.63) is 24.4 Å². The lowest BCUT2D eigenvalue weighted by molar-refractivity contribution is 0.322. The van der Waals surface area contributed by atoms with E-state index in [2.05, 4.69) is 43.2 Å². The average Bonchev–Trinajstić information content (AvgIpc) is 2.57. The van der Waals surface area contributed by atoms with Gasteiger partial charge >= 0.3 is 0 Å². The van der Waals surface area contributed by atoms with Gasteiger partial charge in [-0.3, -0.25) is 0 Å². The van der Waals surface area contributed by atoms with Crippen molar-refractivity contribution in [2.75, 3.05) is 6.54 Å². The zero-order valence-electron chi connectivity index (χ0n) is 16.3. The molecule has 0 aromatic carbocycles. The Morgan fingerprint density at radius 3 is 1.58 bits per heavy atom. The topological polar surface area (TPSA) is 3.24 Å². The van der Waals surface area contributed by atoms with Crippen LogP contribution in [0.4, 0.5) is 0 Å². The molecule has 1 rings (SSSR count). The molecule has 0 aromatic heterocycles. The highest BCUT2D eigenvalue weighted by molar-refractivity contribution is 8.93. The van der Waals surface area contributed by atoms with Crippen LogP contribution >= 0.6 is 17.0 Å².